The van der Waals surface area contributed by atoms with Crippen molar-refractivity contribution in [3.8, 4) is 5.75 Å². The third-order valence-electron chi connectivity index (χ3n) is 4.66. The molecule has 0 radical (unpaired) electrons. The molecule has 0 saturated heterocycles. The molecule has 0 aromatic heterocycles. The van der Waals surface area contributed by atoms with Gasteiger partial charge in [0.1, 0.15) is 5.75 Å². The molecule has 176 valence electrons. The summed E-state index contributed by atoms with van der Waals surface area (Å²) in [5, 5.41) is 17.0. The van der Waals surface area contributed by atoms with Crippen LogP contribution in [0.4, 0.5) is 22.7 Å². The Balaban J connectivity index is 1.59. The maximum atomic E-state index is 11.4. The number of esters is 2. The lowest BCUT2D eigenvalue weighted by molar-refractivity contribution is -0.137. The molecule has 0 N–H and O–H groups in total. The maximum Gasteiger partial charge on any atom is 0.335 e. The fourth-order valence-electron chi connectivity index (χ4n) is 2.88. The Labute approximate surface area is 203 Å². The molecule has 8 heteroatoms. The van der Waals surface area contributed by atoms with Crippen molar-refractivity contribution < 1.29 is 19.1 Å². The molecule has 8 nitrogen and oxygen atoms in total. The van der Waals surface area contributed by atoms with E-state index in [0.717, 1.165) is 23.3 Å². The van der Waals surface area contributed by atoms with Crippen molar-refractivity contribution in [2.24, 2.45) is 20.5 Å². The van der Waals surface area contributed by atoms with E-state index in [1.165, 1.54) is 0 Å². The summed E-state index contributed by atoms with van der Waals surface area (Å²) < 4.78 is 10.2. The lowest BCUT2D eigenvalue weighted by Crippen LogP contribution is -2.04. The van der Waals surface area contributed by atoms with Gasteiger partial charge in [-0.2, -0.15) is 20.5 Å². The third kappa shape index (κ3) is 7.97. The second-order valence-corrected chi connectivity index (χ2v) is 7.28. The van der Waals surface area contributed by atoms with Crippen LogP contribution in [0.25, 0.3) is 0 Å². The SMILES string of the molecule is C=CC(=O)OCCc1cccc(N=Nc2ccc(N=Nc3ccc(OC(=O)C=C)c(C)c3)cc2)c1. The Morgan fingerprint density at radius 2 is 1.34 bits per heavy atom. The molecule has 0 fully saturated rings. The van der Waals surface area contributed by atoms with Crippen molar-refractivity contribution in [1.29, 1.82) is 0 Å². The van der Waals surface area contributed by atoms with Gasteiger partial charge < -0.3 is 9.47 Å². The van der Waals surface area contributed by atoms with Crippen LogP contribution in [0.15, 0.2) is 112 Å². The van der Waals surface area contributed by atoms with E-state index in [1.807, 2.05) is 31.2 Å². The largest absolute Gasteiger partial charge is 0.462 e. The fraction of sp³-hybridized carbons (Fsp3) is 0.111. The Hall–Kier alpha value is -4.72. The zero-order valence-electron chi connectivity index (χ0n) is 19.3. The van der Waals surface area contributed by atoms with Gasteiger partial charge in [-0.25, -0.2) is 9.59 Å². The van der Waals surface area contributed by atoms with Crippen molar-refractivity contribution in [3.05, 3.63) is 103 Å². The summed E-state index contributed by atoms with van der Waals surface area (Å²) in [5.41, 5.74) is 4.38. The van der Waals surface area contributed by atoms with Crippen LogP contribution in [0.2, 0.25) is 0 Å². The highest BCUT2D eigenvalue weighted by Crippen LogP contribution is 2.27. The molecule has 0 spiro atoms. The lowest BCUT2D eigenvalue weighted by Gasteiger charge is -2.05. The molecule has 0 heterocycles. The van der Waals surface area contributed by atoms with Crippen molar-refractivity contribution in [3.63, 3.8) is 0 Å². The predicted octanol–water partition coefficient (Wildman–Crippen LogP) is 7.19. The minimum absolute atomic E-state index is 0.272. The summed E-state index contributed by atoms with van der Waals surface area (Å²) >= 11 is 0. The average molecular weight is 469 g/mol. The molecule has 35 heavy (non-hydrogen) atoms. The monoisotopic (exact) mass is 468 g/mol. The highest BCUT2D eigenvalue weighted by molar-refractivity contribution is 5.83. The molecule has 0 aliphatic carbocycles. The standard InChI is InChI=1S/C27H24N4O4/c1-4-26(32)34-16-15-20-7-6-8-23(18-20)30-28-21-9-11-22(12-10-21)29-31-24-13-14-25(19(3)17-24)35-27(33)5-2/h4-14,17-18H,1-2,15-16H2,3H3. The van der Waals surface area contributed by atoms with Gasteiger partial charge in [-0.15, -0.1) is 0 Å². The van der Waals surface area contributed by atoms with E-state index in [9.17, 15) is 9.59 Å². The zero-order chi connectivity index (χ0) is 25.0. The topological polar surface area (TPSA) is 102 Å². The van der Waals surface area contributed by atoms with Gasteiger partial charge in [0.15, 0.2) is 0 Å². The molecule has 0 amide bonds. The lowest BCUT2D eigenvalue weighted by atomic mass is 10.1. The molecule has 0 saturated carbocycles. The molecule has 3 rings (SSSR count). The molecular formula is C27H24N4O4. The Kier molecular flexibility index (Phi) is 8.90. The van der Waals surface area contributed by atoms with E-state index >= 15 is 0 Å². The van der Waals surface area contributed by atoms with E-state index in [2.05, 4.69) is 33.6 Å². The van der Waals surface area contributed by atoms with Crippen LogP contribution in [0, 0.1) is 6.92 Å². The second-order valence-electron chi connectivity index (χ2n) is 7.28. The molecular weight excluding hydrogens is 444 g/mol. The number of benzene rings is 3. The minimum atomic E-state index is -0.515. The van der Waals surface area contributed by atoms with E-state index in [4.69, 9.17) is 9.47 Å². The minimum Gasteiger partial charge on any atom is -0.462 e. The van der Waals surface area contributed by atoms with Crippen LogP contribution in [-0.4, -0.2) is 18.5 Å². The number of hydrogen-bond donors (Lipinski definition) is 0. The van der Waals surface area contributed by atoms with Crippen molar-refractivity contribution in [2.45, 2.75) is 13.3 Å². The Morgan fingerprint density at radius 3 is 1.94 bits per heavy atom. The quantitative estimate of drug-likeness (QED) is 0.136. The third-order valence-corrected chi connectivity index (χ3v) is 4.66. The highest BCUT2D eigenvalue weighted by Gasteiger charge is 2.05. The number of carbonyl (C=O) groups is 2. The second kappa shape index (κ2) is 12.5. The van der Waals surface area contributed by atoms with Gasteiger partial charge in [-0.05, 0) is 72.6 Å². The summed E-state index contributed by atoms with van der Waals surface area (Å²) in [6, 6.07) is 19.8. The summed E-state index contributed by atoms with van der Waals surface area (Å²) in [5.74, 6) is -0.507. The van der Waals surface area contributed by atoms with E-state index < -0.39 is 11.9 Å². The average Bonchev–Trinajstić information content (AvgIpc) is 2.88. The molecule has 3 aromatic carbocycles. The van der Waals surface area contributed by atoms with E-state index in [1.54, 1.807) is 42.5 Å². The van der Waals surface area contributed by atoms with Crippen LogP contribution in [0.5, 0.6) is 5.75 Å². The highest BCUT2D eigenvalue weighted by atomic mass is 16.5. The van der Waals surface area contributed by atoms with Gasteiger partial charge in [0, 0.05) is 18.6 Å². The first kappa shape index (κ1) is 24.9. The predicted molar refractivity (Wildman–Crippen MR) is 133 cm³/mol. The summed E-state index contributed by atoms with van der Waals surface area (Å²) in [4.78, 5) is 22.5. The number of ether oxygens (including phenoxy) is 2. The summed E-state index contributed by atoms with van der Waals surface area (Å²) in [6.45, 7) is 8.84. The smallest absolute Gasteiger partial charge is 0.335 e. The van der Waals surface area contributed by atoms with E-state index in [-0.39, 0.29) is 6.61 Å². The summed E-state index contributed by atoms with van der Waals surface area (Å²) in [6.07, 6.45) is 2.82. The van der Waals surface area contributed by atoms with Gasteiger partial charge in [-0.1, -0.05) is 25.3 Å². The van der Waals surface area contributed by atoms with Gasteiger partial charge >= 0.3 is 11.9 Å². The van der Waals surface area contributed by atoms with Crippen LogP contribution in [0.3, 0.4) is 0 Å². The maximum absolute atomic E-state index is 11.4. The molecule has 0 aliphatic heterocycles. The normalized spacial score (nSPS) is 10.9. The van der Waals surface area contributed by atoms with Gasteiger partial charge in [-0.3, -0.25) is 0 Å². The Morgan fingerprint density at radius 1 is 0.771 bits per heavy atom. The number of rotatable bonds is 10. The first-order chi connectivity index (χ1) is 17.0. The van der Waals surface area contributed by atoms with Crippen LogP contribution >= 0.6 is 0 Å². The number of azo groups is 2. The van der Waals surface area contributed by atoms with Crippen LogP contribution in [-0.2, 0) is 20.7 Å². The molecule has 0 bridgehead atoms. The van der Waals surface area contributed by atoms with Gasteiger partial charge in [0.2, 0.25) is 0 Å². The first-order valence-electron chi connectivity index (χ1n) is 10.7. The molecule has 3 aromatic rings. The van der Waals surface area contributed by atoms with Crippen LogP contribution in [0.1, 0.15) is 11.1 Å². The Bertz CT molecular complexity index is 1280. The summed E-state index contributed by atoms with van der Waals surface area (Å²) in [7, 11) is 0. The van der Waals surface area contributed by atoms with Crippen molar-refractivity contribution in [2.75, 3.05) is 6.61 Å². The van der Waals surface area contributed by atoms with Crippen molar-refractivity contribution in [1.82, 2.24) is 0 Å². The number of aryl methyl sites for hydroxylation is 1. The van der Waals surface area contributed by atoms with E-state index in [0.29, 0.717) is 34.9 Å². The number of hydrogen-bond acceptors (Lipinski definition) is 8. The molecule has 0 aliphatic rings. The van der Waals surface area contributed by atoms with Gasteiger partial charge in [0.05, 0.1) is 29.4 Å². The molecule has 0 atom stereocenters. The zero-order valence-corrected chi connectivity index (χ0v) is 19.3. The number of nitrogens with zero attached hydrogens (tertiary/aromatic N) is 4. The first-order valence-corrected chi connectivity index (χ1v) is 10.7. The van der Waals surface area contributed by atoms with Gasteiger partial charge in [0.25, 0.3) is 0 Å². The van der Waals surface area contributed by atoms with Crippen LogP contribution < -0.4 is 4.74 Å². The van der Waals surface area contributed by atoms with Crippen molar-refractivity contribution >= 4 is 34.7 Å². The number of carbonyl (C=O) groups excluding carboxylic acids is 2. The molecule has 0 unspecified atom stereocenters. The fourth-order valence-corrected chi connectivity index (χ4v) is 2.88.